The van der Waals surface area contributed by atoms with Crippen molar-refractivity contribution in [2.75, 3.05) is 25.9 Å². The van der Waals surface area contributed by atoms with Crippen LogP contribution in [0.1, 0.15) is 24.8 Å². The Hall–Kier alpha value is -1.06. The van der Waals surface area contributed by atoms with Gasteiger partial charge in [-0.3, -0.25) is 0 Å². The van der Waals surface area contributed by atoms with Crippen LogP contribution in [0.3, 0.4) is 0 Å². The Kier molecular flexibility index (Phi) is 5.90. The van der Waals surface area contributed by atoms with Crippen LogP contribution in [0, 0.1) is 0 Å². The summed E-state index contributed by atoms with van der Waals surface area (Å²) in [4.78, 5) is 2.28. The largest absolute Gasteiger partial charge is 0.399 e. The number of nitrogen functional groups attached to an aromatic ring is 1. The van der Waals surface area contributed by atoms with E-state index in [0.717, 1.165) is 38.0 Å². The lowest BCUT2D eigenvalue weighted by molar-refractivity contribution is 0.271. The molecular weight excluding hydrogens is 200 g/mol. The van der Waals surface area contributed by atoms with Crippen LogP contribution in [-0.2, 0) is 6.54 Å². The second-order valence-corrected chi connectivity index (χ2v) is 4.27. The first-order valence-electron chi connectivity index (χ1n) is 5.86. The molecule has 0 saturated heterocycles. The Bertz CT molecular complexity index is 302. The summed E-state index contributed by atoms with van der Waals surface area (Å²) in [5.74, 6) is 0. The molecule has 0 heterocycles. The number of nitrogens with two attached hydrogens (primary N) is 1. The van der Waals surface area contributed by atoms with E-state index in [1.165, 1.54) is 5.56 Å². The molecule has 90 valence electrons. The van der Waals surface area contributed by atoms with Gasteiger partial charge in [0.25, 0.3) is 0 Å². The first-order valence-corrected chi connectivity index (χ1v) is 5.86. The van der Waals surface area contributed by atoms with Gasteiger partial charge in [0, 0.05) is 18.8 Å². The van der Waals surface area contributed by atoms with Gasteiger partial charge in [-0.1, -0.05) is 12.1 Å². The molecule has 0 fully saturated rings. The minimum absolute atomic E-state index is 0.304. The van der Waals surface area contributed by atoms with Crippen LogP contribution in [-0.4, -0.2) is 30.2 Å². The van der Waals surface area contributed by atoms with E-state index in [9.17, 15) is 0 Å². The predicted molar refractivity (Wildman–Crippen MR) is 68.1 cm³/mol. The van der Waals surface area contributed by atoms with E-state index < -0.39 is 0 Å². The third-order valence-corrected chi connectivity index (χ3v) is 2.60. The molecule has 0 aliphatic heterocycles. The Morgan fingerprint density at radius 1 is 1.25 bits per heavy atom. The average molecular weight is 222 g/mol. The monoisotopic (exact) mass is 222 g/mol. The molecule has 0 atom stereocenters. The van der Waals surface area contributed by atoms with Crippen molar-refractivity contribution < 1.29 is 5.11 Å². The van der Waals surface area contributed by atoms with Crippen LogP contribution in [0.4, 0.5) is 5.69 Å². The van der Waals surface area contributed by atoms with Crippen LogP contribution >= 0.6 is 0 Å². The van der Waals surface area contributed by atoms with Gasteiger partial charge in [-0.2, -0.15) is 0 Å². The lowest BCUT2D eigenvalue weighted by Crippen LogP contribution is -2.19. The molecule has 0 spiro atoms. The van der Waals surface area contributed by atoms with Crippen molar-refractivity contribution in [3.63, 3.8) is 0 Å². The zero-order valence-electron chi connectivity index (χ0n) is 10.0. The van der Waals surface area contributed by atoms with Gasteiger partial charge in [-0.25, -0.2) is 0 Å². The van der Waals surface area contributed by atoms with Crippen molar-refractivity contribution in [3.05, 3.63) is 29.8 Å². The van der Waals surface area contributed by atoms with Crippen LogP contribution in [0.15, 0.2) is 24.3 Å². The maximum Gasteiger partial charge on any atom is 0.0431 e. The number of hydrogen-bond donors (Lipinski definition) is 2. The summed E-state index contributed by atoms with van der Waals surface area (Å²) in [7, 11) is 2.11. The second kappa shape index (κ2) is 7.25. The van der Waals surface area contributed by atoms with Gasteiger partial charge >= 0.3 is 0 Å². The van der Waals surface area contributed by atoms with E-state index in [0.29, 0.717) is 6.61 Å². The maximum atomic E-state index is 8.67. The molecule has 16 heavy (non-hydrogen) atoms. The molecule has 0 bridgehead atoms. The second-order valence-electron chi connectivity index (χ2n) is 4.27. The molecule has 0 amide bonds. The highest BCUT2D eigenvalue weighted by Crippen LogP contribution is 2.09. The lowest BCUT2D eigenvalue weighted by atomic mass is 10.2. The van der Waals surface area contributed by atoms with Gasteiger partial charge in [-0.15, -0.1) is 0 Å². The number of nitrogens with zero attached hydrogens (tertiary/aromatic N) is 1. The first-order chi connectivity index (χ1) is 7.72. The van der Waals surface area contributed by atoms with Gasteiger partial charge in [0.05, 0.1) is 0 Å². The zero-order valence-corrected chi connectivity index (χ0v) is 10.0. The van der Waals surface area contributed by atoms with Gasteiger partial charge in [0.1, 0.15) is 0 Å². The number of hydrogen-bond acceptors (Lipinski definition) is 3. The van der Waals surface area contributed by atoms with E-state index >= 15 is 0 Å². The molecule has 0 aliphatic rings. The average Bonchev–Trinajstić information content (AvgIpc) is 2.24. The van der Waals surface area contributed by atoms with Crippen molar-refractivity contribution in [3.8, 4) is 0 Å². The molecule has 0 saturated carbocycles. The molecule has 1 rings (SSSR count). The molecule has 0 radical (unpaired) electrons. The SMILES string of the molecule is CN(CCCCCO)Cc1cccc(N)c1. The number of aliphatic hydroxyl groups excluding tert-OH is 1. The van der Waals surface area contributed by atoms with E-state index in [-0.39, 0.29) is 0 Å². The molecule has 1 aromatic carbocycles. The molecule has 3 nitrogen and oxygen atoms in total. The highest BCUT2D eigenvalue weighted by atomic mass is 16.2. The van der Waals surface area contributed by atoms with E-state index in [1.54, 1.807) is 0 Å². The van der Waals surface area contributed by atoms with Crippen LogP contribution in [0.25, 0.3) is 0 Å². The van der Waals surface area contributed by atoms with E-state index in [1.807, 2.05) is 18.2 Å². The van der Waals surface area contributed by atoms with Gasteiger partial charge in [0.2, 0.25) is 0 Å². The van der Waals surface area contributed by atoms with Crippen molar-refractivity contribution in [1.29, 1.82) is 0 Å². The third kappa shape index (κ3) is 5.14. The van der Waals surface area contributed by atoms with Gasteiger partial charge in [0.15, 0.2) is 0 Å². The number of rotatable bonds is 7. The van der Waals surface area contributed by atoms with E-state index in [2.05, 4.69) is 18.0 Å². The topological polar surface area (TPSA) is 49.5 Å². The highest BCUT2D eigenvalue weighted by Gasteiger charge is 2.00. The molecule has 0 aromatic heterocycles. The summed E-state index contributed by atoms with van der Waals surface area (Å²) in [6.07, 6.45) is 3.14. The third-order valence-electron chi connectivity index (χ3n) is 2.60. The fourth-order valence-electron chi connectivity index (χ4n) is 1.75. The standard InChI is InChI=1S/C13H22N2O/c1-15(8-3-2-4-9-16)11-12-6-5-7-13(14)10-12/h5-7,10,16H,2-4,8-9,11,14H2,1H3. The Morgan fingerprint density at radius 3 is 2.75 bits per heavy atom. The fraction of sp³-hybridized carbons (Fsp3) is 0.538. The Balaban J connectivity index is 2.25. The number of aliphatic hydroxyl groups is 1. The zero-order chi connectivity index (χ0) is 11.8. The van der Waals surface area contributed by atoms with Gasteiger partial charge < -0.3 is 15.7 Å². The number of anilines is 1. The normalized spacial score (nSPS) is 10.9. The predicted octanol–water partition coefficient (Wildman–Crippen LogP) is 1.86. The number of benzene rings is 1. The van der Waals surface area contributed by atoms with Crippen molar-refractivity contribution in [1.82, 2.24) is 4.90 Å². The van der Waals surface area contributed by atoms with Crippen molar-refractivity contribution >= 4 is 5.69 Å². The Morgan fingerprint density at radius 2 is 2.06 bits per heavy atom. The molecule has 0 unspecified atom stereocenters. The highest BCUT2D eigenvalue weighted by molar-refractivity contribution is 5.40. The summed E-state index contributed by atoms with van der Waals surface area (Å²) >= 11 is 0. The first kappa shape index (κ1) is 13.0. The quantitative estimate of drug-likeness (QED) is 0.547. The van der Waals surface area contributed by atoms with Crippen LogP contribution < -0.4 is 5.73 Å². The summed E-state index contributed by atoms with van der Waals surface area (Å²) in [6.45, 7) is 2.30. The Labute approximate surface area is 97.9 Å². The molecule has 1 aromatic rings. The fourth-order valence-corrected chi connectivity index (χ4v) is 1.75. The lowest BCUT2D eigenvalue weighted by Gasteiger charge is -2.16. The van der Waals surface area contributed by atoms with E-state index in [4.69, 9.17) is 10.8 Å². The summed E-state index contributed by atoms with van der Waals surface area (Å²) in [5, 5.41) is 8.67. The molecular formula is C13H22N2O. The molecule has 3 heteroatoms. The minimum Gasteiger partial charge on any atom is -0.399 e. The van der Waals surface area contributed by atoms with Crippen molar-refractivity contribution in [2.24, 2.45) is 0 Å². The summed E-state index contributed by atoms with van der Waals surface area (Å²) in [5.41, 5.74) is 7.81. The summed E-state index contributed by atoms with van der Waals surface area (Å²) in [6, 6.07) is 8.01. The number of unbranched alkanes of at least 4 members (excludes halogenated alkanes) is 2. The smallest absolute Gasteiger partial charge is 0.0431 e. The van der Waals surface area contributed by atoms with Crippen LogP contribution in [0.5, 0.6) is 0 Å². The molecule has 3 N–H and O–H groups in total. The minimum atomic E-state index is 0.304. The van der Waals surface area contributed by atoms with Crippen LogP contribution in [0.2, 0.25) is 0 Å². The van der Waals surface area contributed by atoms with Crippen molar-refractivity contribution in [2.45, 2.75) is 25.8 Å². The molecule has 0 aliphatic carbocycles. The van der Waals surface area contributed by atoms with Gasteiger partial charge in [-0.05, 0) is 50.6 Å². The maximum absolute atomic E-state index is 8.67. The summed E-state index contributed by atoms with van der Waals surface area (Å²) < 4.78 is 0.